The summed E-state index contributed by atoms with van der Waals surface area (Å²) in [6, 6.07) is 14.0. The van der Waals surface area contributed by atoms with Gasteiger partial charge in [-0.15, -0.1) is 0 Å². The minimum Gasteiger partial charge on any atom is -0.497 e. The monoisotopic (exact) mass is 507 g/mol. The van der Waals surface area contributed by atoms with Gasteiger partial charge in [0, 0.05) is 5.22 Å². The van der Waals surface area contributed by atoms with Crippen molar-refractivity contribution in [2.45, 2.75) is 12.2 Å². The molecule has 9 nitrogen and oxygen atoms in total. The van der Waals surface area contributed by atoms with Gasteiger partial charge in [-0.1, -0.05) is 36.0 Å². The molecule has 0 spiro atoms. The number of benzene rings is 2. The van der Waals surface area contributed by atoms with Gasteiger partial charge >= 0.3 is 5.97 Å². The number of carbonyl (C=O) groups excluding carboxylic acids is 3. The Morgan fingerprint density at radius 2 is 1.61 bits per heavy atom. The Morgan fingerprint density at radius 1 is 1.03 bits per heavy atom. The summed E-state index contributed by atoms with van der Waals surface area (Å²) >= 11 is 1.02. The lowest BCUT2D eigenvalue weighted by Gasteiger charge is -2.23. The van der Waals surface area contributed by atoms with Crippen molar-refractivity contribution in [3.05, 3.63) is 75.9 Å². The molecule has 1 unspecified atom stereocenters. The van der Waals surface area contributed by atoms with E-state index in [0.29, 0.717) is 27.8 Å². The number of nitrogens with two attached hydrogens (primary N) is 2. The molecule has 3 aromatic rings. The molecular weight excluding hydrogens is 482 g/mol. The predicted molar refractivity (Wildman–Crippen MR) is 137 cm³/mol. The number of primary amides is 1. The highest BCUT2D eigenvalue weighted by Crippen LogP contribution is 2.39. The maximum atomic E-state index is 13.8. The second-order valence-corrected chi connectivity index (χ2v) is 8.92. The van der Waals surface area contributed by atoms with Crippen molar-refractivity contribution in [1.82, 2.24) is 4.57 Å². The maximum absolute atomic E-state index is 13.8. The fraction of sp³-hybridized carbons (Fsp3) is 0.192. The molecule has 1 amide bonds. The third-order valence-corrected chi connectivity index (χ3v) is 7.02. The molecule has 2 aromatic carbocycles. The van der Waals surface area contributed by atoms with E-state index in [1.807, 2.05) is 0 Å². The van der Waals surface area contributed by atoms with Gasteiger partial charge in [-0.25, -0.2) is 4.79 Å². The van der Waals surface area contributed by atoms with Crippen LogP contribution in [-0.2, 0) is 9.53 Å². The number of rotatable bonds is 7. The minimum atomic E-state index is -0.847. The lowest BCUT2D eigenvalue weighted by Crippen LogP contribution is -2.43. The van der Waals surface area contributed by atoms with Gasteiger partial charge < -0.3 is 25.7 Å². The molecule has 36 heavy (non-hydrogen) atoms. The average molecular weight is 508 g/mol. The van der Waals surface area contributed by atoms with Crippen LogP contribution in [0.2, 0.25) is 0 Å². The number of aromatic nitrogens is 1. The Kier molecular flexibility index (Phi) is 7.07. The molecule has 1 aromatic heterocycles. The van der Waals surface area contributed by atoms with Crippen LogP contribution in [0.4, 0.5) is 5.69 Å². The van der Waals surface area contributed by atoms with E-state index >= 15 is 0 Å². The summed E-state index contributed by atoms with van der Waals surface area (Å²) in [5.41, 5.74) is 13.4. The lowest BCUT2D eigenvalue weighted by atomic mass is 10.1. The van der Waals surface area contributed by atoms with E-state index in [4.69, 9.17) is 25.7 Å². The molecule has 0 saturated carbocycles. The zero-order chi connectivity index (χ0) is 26.0. The van der Waals surface area contributed by atoms with E-state index in [-0.39, 0.29) is 28.2 Å². The molecule has 0 saturated heterocycles. The zero-order valence-corrected chi connectivity index (χ0v) is 20.8. The fourth-order valence-corrected chi connectivity index (χ4v) is 5.14. The lowest BCUT2D eigenvalue weighted by molar-refractivity contribution is -0.112. The molecule has 0 fully saturated rings. The van der Waals surface area contributed by atoms with Crippen LogP contribution in [0.15, 0.2) is 48.5 Å². The molecule has 1 aliphatic rings. The summed E-state index contributed by atoms with van der Waals surface area (Å²) in [5.74, 6) is -0.702. The summed E-state index contributed by atoms with van der Waals surface area (Å²) in [4.78, 5) is 39.5. The summed E-state index contributed by atoms with van der Waals surface area (Å²) in [7, 11) is 3.10. The first-order valence-electron chi connectivity index (χ1n) is 11.0. The number of nitrogen functional groups attached to an aromatic ring is 1. The Balaban J connectivity index is 2.02. The third-order valence-electron chi connectivity index (χ3n) is 5.68. The van der Waals surface area contributed by atoms with E-state index in [0.717, 1.165) is 16.3 Å². The molecule has 4 rings (SSSR count). The first-order chi connectivity index (χ1) is 17.3. The number of hydrogen-bond donors (Lipinski definition) is 2. The van der Waals surface area contributed by atoms with Crippen LogP contribution in [0.5, 0.6) is 11.5 Å². The number of esters is 1. The van der Waals surface area contributed by atoms with Crippen LogP contribution >= 0.6 is 11.8 Å². The van der Waals surface area contributed by atoms with Gasteiger partial charge in [-0.2, -0.15) is 0 Å². The number of methoxy groups -OCH3 is 2. The van der Waals surface area contributed by atoms with Crippen molar-refractivity contribution in [2.75, 3.05) is 26.6 Å². The second-order valence-electron chi connectivity index (χ2n) is 7.80. The molecule has 4 N–H and O–H groups in total. The van der Waals surface area contributed by atoms with Crippen molar-refractivity contribution in [3.63, 3.8) is 0 Å². The van der Waals surface area contributed by atoms with Gasteiger partial charge in [0.15, 0.2) is 5.69 Å². The highest BCUT2D eigenvalue weighted by Gasteiger charge is 2.37. The molecule has 0 radical (unpaired) electrons. The van der Waals surface area contributed by atoms with Crippen molar-refractivity contribution < 1.29 is 28.6 Å². The molecule has 10 heteroatoms. The second kappa shape index (κ2) is 10.2. The van der Waals surface area contributed by atoms with Gasteiger partial charge in [0.25, 0.3) is 5.91 Å². The van der Waals surface area contributed by atoms with Crippen LogP contribution in [-0.4, -0.2) is 43.2 Å². The van der Waals surface area contributed by atoms with Crippen LogP contribution in [0.25, 0.3) is 11.0 Å². The maximum Gasteiger partial charge on any atom is 0.357 e. The molecule has 2 heterocycles. The molecule has 1 atom stereocenters. The normalized spacial score (nSPS) is 15.4. The highest BCUT2D eigenvalue weighted by molar-refractivity contribution is 8.10. The SMILES string of the molecule is CCOC(=O)c1c(N)/c(=C\c2ccc(OC)cc2)c2n1C(=O)C(c1ccc(OC)cc1)SC=2C(N)=O. The molecule has 0 bridgehead atoms. The Morgan fingerprint density at radius 3 is 2.14 bits per heavy atom. The topological polar surface area (TPSA) is 136 Å². The first-order valence-corrected chi connectivity index (χ1v) is 11.9. The number of thioether (sulfide) groups is 1. The number of nitrogens with zero attached hydrogens (tertiary/aromatic N) is 1. The van der Waals surface area contributed by atoms with Gasteiger partial charge in [-0.3, -0.25) is 14.2 Å². The van der Waals surface area contributed by atoms with Crippen molar-refractivity contribution in [2.24, 2.45) is 5.73 Å². The average Bonchev–Trinajstić information content (AvgIpc) is 3.17. The predicted octanol–water partition coefficient (Wildman–Crippen LogP) is 1.81. The molecule has 1 aliphatic heterocycles. The molecule has 186 valence electrons. The van der Waals surface area contributed by atoms with E-state index in [2.05, 4.69) is 0 Å². The summed E-state index contributed by atoms with van der Waals surface area (Å²) in [6.07, 6.45) is 1.69. The van der Waals surface area contributed by atoms with Crippen LogP contribution in [0.3, 0.4) is 0 Å². The van der Waals surface area contributed by atoms with E-state index in [1.165, 1.54) is 7.11 Å². The largest absolute Gasteiger partial charge is 0.497 e. The third kappa shape index (κ3) is 4.42. The highest BCUT2D eigenvalue weighted by atomic mass is 32.2. The van der Waals surface area contributed by atoms with Crippen molar-refractivity contribution in [1.29, 1.82) is 0 Å². The van der Waals surface area contributed by atoms with Gasteiger partial charge in [0.05, 0.1) is 36.8 Å². The van der Waals surface area contributed by atoms with Crippen molar-refractivity contribution in [3.8, 4) is 11.5 Å². The summed E-state index contributed by atoms with van der Waals surface area (Å²) in [5, 5.41) is -0.357. The van der Waals surface area contributed by atoms with Gasteiger partial charge in [0.1, 0.15) is 16.7 Å². The van der Waals surface area contributed by atoms with Crippen LogP contribution in [0, 0.1) is 0 Å². The van der Waals surface area contributed by atoms with E-state index in [1.54, 1.807) is 68.6 Å². The van der Waals surface area contributed by atoms with Gasteiger partial charge in [-0.05, 0) is 48.4 Å². The number of ether oxygens (including phenoxy) is 3. The number of hydrogen-bond acceptors (Lipinski definition) is 8. The number of amides is 1. The summed E-state index contributed by atoms with van der Waals surface area (Å²) in [6.45, 7) is 1.73. The Hall–Kier alpha value is -4.18. The number of anilines is 1. The standard InChI is InChI=1S/C26H25N3O6S/c1-4-35-26(32)21-19(27)18(13-14-5-9-16(33-2)10-6-14)20-23(24(28)30)36-22(25(31)29(20)21)15-7-11-17(34-3)12-8-15/h5-13,22H,4,27H2,1-3H3,(H2,28,30)/b18-13+. The van der Waals surface area contributed by atoms with Crippen LogP contribution < -0.4 is 31.5 Å². The van der Waals surface area contributed by atoms with E-state index < -0.39 is 23.0 Å². The Labute approximate surface area is 211 Å². The molecule has 0 aliphatic carbocycles. The zero-order valence-electron chi connectivity index (χ0n) is 19.9. The summed E-state index contributed by atoms with van der Waals surface area (Å²) < 4.78 is 16.8. The fourth-order valence-electron chi connectivity index (χ4n) is 3.97. The number of fused-ring (bicyclic) bond motifs is 1. The first kappa shape index (κ1) is 24.9. The quantitative estimate of drug-likeness (QED) is 0.462. The van der Waals surface area contributed by atoms with E-state index in [9.17, 15) is 14.4 Å². The van der Waals surface area contributed by atoms with Crippen LogP contribution in [0.1, 0.15) is 38.6 Å². The Bertz CT molecular complexity index is 1460. The number of carbonyl (C=O) groups is 3. The smallest absolute Gasteiger partial charge is 0.357 e. The minimum absolute atomic E-state index is 0.0161. The van der Waals surface area contributed by atoms with Gasteiger partial charge in [0.2, 0.25) is 5.91 Å². The molecular formula is C26H25N3O6S. The van der Waals surface area contributed by atoms with Crippen molar-refractivity contribution >= 4 is 46.2 Å².